The smallest absolute Gasteiger partial charge is 0.240 e. The van der Waals surface area contributed by atoms with Gasteiger partial charge in [-0.2, -0.15) is 4.98 Å². The van der Waals surface area contributed by atoms with Crippen LogP contribution in [-0.4, -0.2) is 22.4 Å². The van der Waals surface area contributed by atoms with Gasteiger partial charge in [-0.25, -0.2) is 0 Å². The number of ether oxygens (including phenoxy) is 1. The second-order valence-corrected chi connectivity index (χ2v) is 3.07. The van der Waals surface area contributed by atoms with Gasteiger partial charge in [-0.15, -0.1) is 0 Å². The van der Waals surface area contributed by atoms with E-state index in [0.29, 0.717) is 23.0 Å². The van der Waals surface area contributed by atoms with Crippen molar-refractivity contribution in [3.63, 3.8) is 0 Å². The fourth-order valence-corrected chi connectivity index (χ4v) is 1.36. The topological polar surface area (TPSA) is 94.4 Å². The Labute approximate surface area is 91.7 Å². The van der Waals surface area contributed by atoms with Crippen LogP contribution in [0.4, 0.5) is 0 Å². The molecule has 0 saturated heterocycles. The van der Waals surface area contributed by atoms with Crippen LogP contribution >= 0.6 is 0 Å². The summed E-state index contributed by atoms with van der Waals surface area (Å²) in [7, 11) is 1.46. The molecule has 0 aliphatic heterocycles. The van der Waals surface area contributed by atoms with Gasteiger partial charge < -0.3 is 20.1 Å². The first kappa shape index (κ1) is 10.4. The predicted octanol–water partition coefficient (Wildman–Crippen LogP) is 0.909. The third-order valence-corrected chi connectivity index (χ3v) is 2.08. The summed E-state index contributed by atoms with van der Waals surface area (Å²) in [4.78, 5) is 4.05. The number of aromatic nitrogens is 2. The van der Waals surface area contributed by atoms with Crippen LogP contribution in [0.1, 0.15) is 5.89 Å². The molecule has 6 heteroatoms. The minimum Gasteiger partial charge on any atom is -0.504 e. The minimum absolute atomic E-state index is 0.0269. The van der Waals surface area contributed by atoms with Crippen molar-refractivity contribution >= 4 is 0 Å². The molecule has 3 N–H and O–H groups in total. The van der Waals surface area contributed by atoms with E-state index in [-0.39, 0.29) is 12.3 Å². The summed E-state index contributed by atoms with van der Waals surface area (Å²) in [5, 5.41) is 13.3. The summed E-state index contributed by atoms with van der Waals surface area (Å²) in [6.45, 7) is 0.175. The molecule has 1 aromatic carbocycles. The number of phenols is 1. The molecule has 6 nitrogen and oxygen atoms in total. The highest BCUT2D eigenvalue weighted by Gasteiger charge is 2.15. The Balaban J connectivity index is 2.50. The lowest BCUT2D eigenvalue weighted by atomic mass is 10.2. The number of hydrogen-bond donors (Lipinski definition) is 2. The zero-order valence-corrected chi connectivity index (χ0v) is 8.67. The lowest BCUT2D eigenvalue weighted by Gasteiger charge is -2.06. The lowest BCUT2D eigenvalue weighted by molar-refractivity contribution is 0.371. The van der Waals surface area contributed by atoms with Crippen LogP contribution in [0.2, 0.25) is 0 Å². The molecule has 0 bridgehead atoms. The lowest BCUT2D eigenvalue weighted by Crippen LogP contribution is -1.96. The standard InChI is InChI=1S/C10H11N3O3/c1-15-9-6(3-2-4-7(9)14)10-12-8(5-11)16-13-10/h2-4,14H,5,11H2,1H3. The molecule has 0 radical (unpaired) electrons. The van der Waals surface area contributed by atoms with Crippen molar-refractivity contribution in [1.82, 2.24) is 10.1 Å². The van der Waals surface area contributed by atoms with Gasteiger partial charge in [0.2, 0.25) is 11.7 Å². The molecule has 2 rings (SSSR count). The average molecular weight is 221 g/mol. The second kappa shape index (κ2) is 4.19. The van der Waals surface area contributed by atoms with Crippen molar-refractivity contribution in [1.29, 1.82) is 0 Å². The third kappa shape index (κ3) is 1.70. The van der Waals surface area contributed by atoms with Crippen LogP contribution in [0.5, 0.6) is 11.5 Å². The van der Waals surface area contributed by atoms with Gasteiger partial charge in [0.15, 0.2) is 11.5 Å². The first-order valence-electron chi connectivity index (χ1n) is 4.65. The van der Waals surface area contributed by atoms with Crippen molar-refractivity contribution in [2.24, 2.45) is 5.73 Å². The van der Waals surface area contributed by atoms with Crippen LogP contribution in [0, 0.1) is 0 Å². The van der Waals surface area contributed by atoms with E-state index in [0.717, 1.165) is 0 Å². The Morgan fingerprint density at radius 3 is 2.94 bits per heavy atom. The molecule has 1 aromatic heterocycles. The number of para-hydroxylation sites is 1. The van der Waals surface area contributed by atoms with Crippen LogP contribution < -0.4 is 10.5 Å². The fourth-order valence-electron chi connectivity index (χ4n) is 1.36. The summed E-state index contributed by atoms with van der Waals surface area (Å²) >= 11 is 0. The van der Waals surface area contributed by atoms with Crippen molar-refractivity contribution in [2.45, 2.75) is 6.54 Å². The van der Waals surface area contributed by atoms with Crippen molar-refractivity contribution in [3.05, 3.63) is 24.1 Å². The van der Waals surface area contributed by atoms with Crippen molar-refractivity contribution in [2.75, 3.05) is 7.11 Å². The maximum absolute atomic E-state index is 9.58. The van der Waals surface area contributed by atoms with Gasteiger partial charge in [0.05, 0.1) is 19.2 Å². The number of hydrogen-bond acceptors (Lipinski definition) is 6. The monoisotopic (exact) mass is 221 g/mol. The normalized spacial score (nSPS) is 10.4. The van der Waals surface area contributed by atoms with E-state index < -0.39 is 0 Å². The number of nitrogens with two attached hydrogens (primary N) is 1. The second-order valence-electron chi connectivity index (χ2n) is 3.07. The zero-order valence-electron chi connectivity index (χ0n) is 8.67. The summed E-state index contributed by atoms with van der Waals surface area (Å²) in [6, 6.07) is 4.92. The predicted molar refractivity (Wildman–Crippen MR) is 55.8 cm³/mol. The number of nitrogens with zero attached hydrogens (tertiary/aromatic N) is 2. The molecule has 84 valence electrons. The van der Waals surface area contributed by atoms with Crippen LogP contribution in [0.25, 0.3) is 11.4 Å². The van der Waals surface area contributed by atoms with Crippen molar-refractivity contribution < 1.29 is 14.4 Å². The molecule has 16 heavy (non-hydrogen) atoms. The summed E-state index contributed by atoms with van der Waals surface area (Å²) < 4.78 is 9.95. The van der Waals surface area contributed by atoms with E-state index >= 15 is 0 Å². The highest BCUT2D eigenvalue weighted by Crippen LogP contribution is 2.35. The Kier molecular flexibility index (Phi) is 2.74. The molecular formula is C10H11N3O3. The van der Waals surface area contributed by atoms with Gasteiger partial charge in [0, 0.05) is 0 Å². The van der Waals surface area contributed by atoms with E-state index in [1.165, 1.54) is 13.2 Å². The Morgan fingerprint density at radius 2 is 2.31 bits per heavy atom. The molecule has 2 aromatic rings. The number of aromatic hydroxyl groups is 1. The molecule has 0 saturated carbocycles. The minimum atomic E-state index is 0.0269. The maximum Gasteiger partial charge on any atom is 0.240 e. The fraction of sp³-hybridized carbons (Fsp3) is 0.200. The molecule has 0 aliphatic carbocycles. The SMILES string of the molecule is COc1c(O)cccc1-c1noc(CN)n1. The summed E-state index contributed by atoms with van der Waals surface area (Å²) in [5.74, 6) is 1.01. The molecule has 1 heterocycles. The van der Waals surface area contributed by atoms with Crippen LogP contribution in [0.3, 0.4) is 0 Å². The van der Waals surface area contributed by atoms with Gasteiger partial charge in [0.1, 0.15) is 0 Å². The number of rotatable bonds is 3. The number of benzene rings is 1. The highest BCUT2D eigenvalue weighted by molar-refractivity contribution is 5.67. The maximum atomic E-state index is 9.58. The van der Waals surface area contributed by atoms with Crippen molar-refractivity contribution in [3.8, 4) is 22.9 Å². The summed E-state index contributed by atoms with van der Waals surface area (Å²) in [6.07, 6.45) is 0. The number of phenolic OH excluding ortho intramolecular Hbond substituents is 1. The zero-order chi connectivity index (χ0) is 11.5. The Bertz CT molecular complexity index is 496. The Morgan fingerprint density at radius 1 is 1.50 bits per heavy atom. The molecule has 0 spiro atoms. The molecular weight excluding hydrogens is 210 g/mol. The van der Waals surface area contributed by atoms with Gasteiger partial charge in [0.25, 0.3) is 0 Å². The first-order valence-corrected chi connectivity index (χ1v) is 4.65. The van der Waals surface area contributed by atoms with Gasteiger partial charge >= 0.3 is 0 Å². The van der Waals surface area contributed by atoms with E-state index in [2.05, 4.69) is 10.1 Å². The third-order valence-electron chi connectivity index (χ3n) is 2.08. The van der Waals surface area contributed by atoms with Crippen LogP contribution in [0.15, 0.2) is 22.7 Å². The average Bonchev–Trinajstić information content (AvgIpc) is 2.77. The highest BCUT2D eigenvalue weighted by atomic mass is 16.5. The molecule has 0 aliphatic rings. The summed E-state index contributed by atoms with van der Waals surface area (Å²) in [5.41, 5.74) is 5.93. The van der Waals surface area contributed by atoms with Gasteiger partial charge in [-0.3, -0.25) is 0 Å². The first-order chi connectivity index (χ1) is 7.76. The van der Waals surface area contributed by atoms with Crippen LogP contribution in [-0.2, 0) is 6.54 Å². The molecule has 0 unspecified atom stereocenters. The van der Waals surface area contributed by atoms with Gasteiger partial charge in [-0.1, -0.05) is 11.2 Å². The largest absolute Gasteiger partial charge is 0.504 e. The molecule has 0 amide bonds. The number of methoxy groups -OCH3 is 1. The quantitative estimate of drug-likeness (QED) is 0.799. The van der Waals surface area contributed by atoms with E-state index in [4.69, 9.17) is 15.0 Å². The molecule has 0 fully saturated rings. The molecule has 0 atom stereocenters. The van der Waals surface area contributed by atoms with E-state index in [9.17, 15) is 5.11 Å². The van der Waals surface area contributed by atoms with Gasteiger partial charge in [-0.05, 0) is 12.1 Å². The Hall–Kier alpha value is -2.08. The van der Waals surface area contributed by atoms with E-state index in [1.807, 2.05) is 0 Å². The van der Waals surface area contributed by atoms with E-state index in [1.54, 1.807) is 12.1 Å².